The van der Waals surface area contributed by atoms with E-state index < -0.39 is 23.0 Å². The van der Waals surface area contributed by atoms with Crippen LogP contribution in [0.2, 0.25) is 0 Å². The average molecular weight is 451 g/mol. The monoisotopic (exact) mass is 451 g/mol. The van der Waals surface area contributed by atoms with Gasteiger partial charge in [0, 0.05) is 12.7 Å². The van der Waals surface area contributed by atoms with E-state index in [2.05, 4.69) is 39.3 Å². The van der Waals surface area contributed by atoms with Crippen LogP contribution in [0.15, 0.2) is 36.7 Å². The van der Waals surface area contributed by atoms with E-state index in [4.69, 9.17) is 5.11 Å². The molecule has 2 aromatic heterocycles. The molecule has 1 aromatic carbocycles. The van der Waals surface area contributed by atoms with Gasteiger partial charge in [0.25, 0.3) is 5.91 Å². The van der Waals surface area contributed by atoms with Crippen LogP contribution in [0.3, 0.4) is 0 Å². The van der Waals surface area contributed by atoms with E-state index in [9.17, 15) is 13.6 Å². The molecule has 2 aliphatic rings. The molecule has 9 heteroatoms. The summed E-state index contributed by atoms with van der Waals surface area (Å²) in [5.41, 5.74) is 1.39. The highest BCUT2D eigenvalue weighted by Crippen LogP contribution is 2.69. The van der Waals surface area contributed by atoms with Gasteiger partial charge in [-0.25, -0.2) is 13.8 Å². The van der Waals surface area contributed by atoms with E-state index in [0.29, 0.717) is 11.4 Å². The van der Waals surface area contributed by atoms with Crippen LogP contribution in [0.1, 0.15) is 60.0 Å². The van der Waals surface area contributed by atoms with Gasteiger partial charge in [0.2, 0.25) is 0 Å². The molecule has 1 fully saturated rings. The van der Waals surface area contributed by atoms with E-state index in [1.54, 1.807) is 12.3 Å². The van der Waals surface area contributed by atoms with Crippen molar-refractivity contribution in [2.75, 3.05) is 13.2 Å². The number of aliphatic hydroxyl groups is 1. The first kappa shape index (κ1) is 21.5. The third kappa shape index (κ3) is 2.98. The van der Waals surface area contributed by atoms with E-state index >= 15 is 0 Å². The van der Waals surface area contributed by atoms with Gasteiger partial charge in [0.1, 0.15) is 17.3 Å². The van der Waals surface area contributed by atoms with Gasteiger partial charge < -0.3 is 10.4 Å². The Morgan fingerprint density at radius 1 is 1.21 bits per heavy atom. The molecule has 1 saturated carbocycles. The van der Waals surface area contributed by atoms with Crippen LogP contribution in [0.5, 0.6) is 0 Å². The van der Waals surface area contributed by atoms with Gasteiger partial charge in [0.15, 0.2) is 0 Å². The summed E-state index contributed by atoms with van der Waals surface area (Å²) >= 11 is 0. The Balaban J connectivity index is 1.63. The van der Waals surface area contributed by atoms with Gasteiger partial charge >= 0.3 is 0 Å². The lowest BCUT2D eigenvalue weighted by molar-refractivity contribution is 0.0938. The highest BCUT2D eigenvalue weighted by Gasteiger charge is 2.65. The quantitative estimate of drug-likeness (QED) is 0.618. The van der Waals surface area contributed by atoms with Gasteiger partial charge in [-0.15, -0.1) is 5.10 Å². The van der Waals surface area contributed by atoms with Crippen molar-refractivity contribution in [3.05, 3.63) is 70.9 Å². The third-order valence-electron chi connectivity index (χ3n) is 7.30. The Bertz CT molecular complexity index is 1250. The normalized spacial score (nSPS) is 22.3. The van der Waals surface area contributed by atoms with Gasteiger partial charge in [-0.3, -0.25) is 9.78 Å². The summed E-state index contributed by atoms with van der Waals surface area (Å²) in [6.07, 6.45) is 4.62. The molecule has 1 amide bonds. The molecule has 3 aromatic rings. The first-order chi connectivity index (χ1) is 15.8. The van der Waals surface area contributed by atoms with Crippen LogP contribution in [0.25, 0.3) is 11.3 Å². The Labute approximate surface area is 189 Å². The zero-order valence-corrected chi connectivity index (χ0v) is 18.3. The first-order valence-corrected chi connectivity index (χ1v) is 10.9. The maximum absolute atomic E-state index is 14.4. The number of fused-ring (bicyclic) bond motifs is 5. The number of hydrogen-bond donors (Lipinski definition) is 2. The SMILES string of the molecule is CC1(C)[C@H]2CC[C@]1(c1cncc(C(=O)NCCO)n1)c1nnc(-c3c(F)cccc3F)cc12. The van der Waals surface area contributed by atoms with Gasteiger partial charge in [-0.05, 0) is 47.9 Å². The van der Waals surface area contributed by atoms with Crippen molar-refractivity contribution in [2.24, 2.45) is 5.41 Å². The predicted octanol–water partition coefficient (Wildman–Crippen LogP) is 3.14. The number of rotatable bonds is 5. The molecular formula is C24H23F2N5O2. The van der Waals surface area contributed by atoms with Gasteiger partial charge in [-0.1, -0.05) is 19.9 Å². The van der Waals surface area contributed by atoms with Crippen LogP contribution in [0.4, 0.5) is 8.78 Å². The molecule has 0 spiro atoms. The summed E-state index contributed by atoms with van der Waals surface area (Å²) in [7, 11) is 0. The molecule has 0 radical (unpaired) electrons. The zero-order chi connectivity index (χ0) is 23.4. The van der Waals surface area contributed by atoms with Crippen LogP contribution < -0.4 is 5.32 Å². The summed E-state index contributed by atoms with van der Waals surface area (Å²) in [6.45, 7) is 4.18. The van der Waals surface area contributed by atoms with Crippen molar-refractivity contribution >= 4 is 5.91 Å². The fourth-order valence-electron chi connectivity index (χ4n) is 5.70. The molecule has 0 aliphatic heterocycles. The number of hydrogen-bond acceptors (Lipinski definition) is 6. The van der Waals surface area contributed by atoms with Crippen molar-refractivity contribution in [3.8, 4) is 11.3 Å². The summed E-state index contributed by atoms with van der Waals surface area (Å²) in [4.78, 5) is 21.3. The number of carbonyl (C=O) groups is 1. The highest BCUT2D eigenvalue weighted by molar-refractivity contribution is 5.92. The van der Waals surface area contributed by atoms with E-state index in [-0.39, 0.29) is 41.4 Å². The largest absolute Gasteiger partial charge is 0.395 e. The van der Waals surface area contributed by atoms with Crippen LogP contribution in [-0.2, 0) is 5.41 Å². The maximum Gasteiger partial charge on any atom is 0.271 e. The Kier molecular flexibility index (Phi) is 4.97. The highest BCUT2D eigenvalue weighted by atomic mass is 19.1. The van der Waals surface area contributed by atoms with E-state index in [0.717, 1.165) is 18.4 Å². The molecule has 5 rings (SSSR count). The number of aromatic nitrogens is 4. The van der Waals surface area contributed by atoms with Crippen molar-refractivity contribution in [1.82, 2.24) is 25.5 Å². The standard InChI is InChI=1S/C24H23F2N5O2/c1-23(2)14-6-7-24(23,19-12-27-11-18(29-19)22(33)28-8-9-32)21-13(14)10-17(30-31-21)20-15(25)4-3-5-16(20)26/h3-5,10-12,14,32H,6-9H2,1-2H3,(H,28,33)/t14-,24-/m0/s1. The van der Waals surface area contributed by atoms with E-state index in [1.165, 1.54) is 24.4 Å². The maximum atomic E-state index is 14.4. The lowest BCUT2D eigenvalue weighted by Crippen LogP contribution is -2.38. The first-order valence-electron chi connectivity index (χ1n) is 10.9. The molecule has 2 atom stereocenters. The molecule has 2 aliphatic carbocycles. The Morgan fingerprint density at radius 2 is 1.97 bits per heavy atom. The van der Waals surface area contributed by atoms with Crippen molar-refractivity contribution in [1.29, 1.82) is 0 Å². The number of carbonyl (C=O) groups excluding carboxylic acids is 1. The summed E-state index contributed by atoms with van der Waals surface area (Å²) in [5, 5.41) is 20.3. The number of aliphatic hydroxyl groups excluding tert-OH is 1. The third-order valence-corrected chi connectivity index (χ3v) is 7.30. The molecule has 33 heavy (non-hydrogen) atoms. The lowest BCUT2D eigenvalue weighted by Gasteiger charge is -2.37. The predicted molar refractivity (Wildman–Crippen MR) is 115 cm³/mol. The molecule has 2 N–H and O–H groups in total. The number of halogens is 2. The summed E-state index contributed by atoms with van der Waals surface area (Å²) in [6, 6.07) is 5.46. The van der Waals surface area contributed by atoms with Crippen molar-refractivity contribution in [3.63, 3.8) is 0 Å². The van der Waals surface area contributed by atoms with Crippen molar-refractivity contribution < 1.29 is 18.7 Å². The van der Waals surface area contributed by atoms with Crippen molar-refractivity contribution in [2.45, 2.75) is 38.0 Å². The number of nitrogens with zero attached hydrogens (tertiary/aromatic N) is 4. The minimum atomic E-state index is -0.686. The van der Waals surface area contributed by atoms with Crippen LogP contribution >= 0.6 is 0 Å². The zero-order valence-electron chi connectivity index (χ0n) is 18.3. The summed E-state index contributed by atoms with van der Waals surface area (Å²) in [5.74, 6) is -1.70. The molecular weight excluding hydrogens is 428 g/mol. The molecule has 0 unspecified atom stereocenters. The molecule has 0 saturated heterocycles. The molecule has 170 valence electrons. The lowest BCUT2D eigenvalue weighted by atomic mass is 9.66. The van der Waals surface area contributed by atoms with Gasteiger partial charge in [0.05, 0.1) is 40.9 Å². The van der Waals surface area contributed by atoms with Crippen LogP contribution in [0, 0.1) is 17.0 Å². The average Bonchev–Trinajstić information content (AvgIpc) is 3.18. The molecule has 2 bridgehead atoms. The number of amides is 1. The van der Waals surface area contributed by atoms with Gasteiger partial charge in [-0.2, -0.15) is 5.10 Å². The van der Waals surface area contributed by atoms with Crippen LogP contribution in [-0.4, -0.2) is 44.3 Å². The fraction of sp³-hybridized carbons (Fsp3) is 0.375. The second-order valence-electron chi connectivity index (χ2n) is 9.12. The minimum Gasteiger partial charge on any atom is -0.395 e. The number of benzene rings is 1. The number of nitrogens with one attached hydrogen (secondary N) is 1. The molecule has 7 nitrogen and oxygen atoms in total. The topological polar surface area (TPSA) is 101 Å². The second-order valence-corrected chi connectivity index (χ2v) is 9.12. The summed E-state index contributed by atoms with van der Waals surface area (Å²) < 4.78 is 28.8. The molecule has 2 heterocycles. The van der Waals surface area contributed by atoms with E-state index in [1.807, 2.05) is 0 Å². The Hall–Kier alpha value is -3.33. The smallest absolute Gasteiger partial charge is 0.271 e. The minimum absolute atomic E-state index is 0.0882. The fourth-order valence-corrected chi connectivity index (χ4v) is 5.70. The second kappa shape index (κ2) is 7.62. The Morgan fingerprint density at radius 3 is 2.70 bits per heavy atom.